The summed E-state index contributed by atoms with van der Waals surface area (Å²) in [6.45, 7) is 1.93. The highest BCUT2D eigenvalue weighted by atomic mass is 19.4. The zero-order valence-corrected chi connectivity index (χ0v) is 12.5. The standard InChI is InChI=1S/C15H16F5NO2/c1-14(7-8(13(22)23)3-4-21(14)2)9-5-10(16)12(11(17)6-9)15(18,19)20/h5-6,8H,3-4,7H2,1-2H3,(H,22,23). The van der Waals surface area contributed by atoms with Gasteiger partial charge in [-0.25, -0.2) is 8.78 Å². The van der Waals surface area contributed by atoms with E-state index in [1.165, 1.54) is 0 Å². The van der Waals surface area contributed by atoms with Crippen molar-refractivity contribution in [2.75, 3.05) is 13.6 Å². The topological polar surface area (TPSA) is 40.5 Å². The Bertz CT molecular complexity index is 608. The van der Waals surface area contributed by atoms with Gasteiger partial charge in [0, 0.05) is 5.54 Å². The van der Waals surface area contributed by atoms with Crippen molar-refractivity contribution in [1.82, 2.24) is 4.90 Å². The number of alkyl halides is 3. The second-order valence-corrected chi connectivity index (χ2v) is 6.04. The van der Waals surface area contributed by atoms with E-state index >= 15 is 0 Å². The lowest BCUT2D eigenvalue weighted by atomic mass is 9.77. The molecule has 0 saturated carbocycles. The summed E-state index contributed by atoms with van der Waals surface area (Å²) in [7, 11) is 1.64. The minimum absolute atomic E-state index is 0.00560. The Kier molecular flexibility index (Phi) is 4.40. The van der Waals surface area contributed by atoms with Crippen LogP contribution in [0.3, 0.4) is 0 Å². The molecular formula is C15H16F5NO2. The number of aliphatic carboxylic acids is 1. The van der Waals surface area contributed by atoms with Crippen molar-refractivity contribution in [3.63, 3.8) is 0 Å². The quantitative estimate of drug-likeness (QED) is 0.838. The third-order valence-electron chi connectivity index (χ3n) is 4.60. The lowest BCUT2D eigenvalue weighted by Crippen LogP contribution is -2.49. The number of carboxylic acids is 1. The van der Waals surface area contributed by atoms with Gasteiger partial charge in [-0.3, -0.25) is 9.69 Å². The second kappa shape index (κ2) is 5.74. The summed E-state index contributed by atoms with van der Waals surface area (Å²) >= 11 is 0. The van der Waals surface area contributed by atoms with Crippen LogP contribution in [0.5, 0.6) is 0 Å². The molecule has 1 aromatic rings. The Hall–Kier alpha value is -1.70. The van der Waals surface area contributed by atoms with E-state index in [4.69, 9.17) is 5.11 Å². The van der Waals surface area contributed by atoms with Gasteiger partial charge in [0.25, 0.3) is 0 Å². The number of piperidine rings is 1. The largest absolute Gasteiger partial charge is 0.481 e. The Morgan fingerprint density at radius 3 is 2.26 bits per heavy atom. The summed E-state index contributed by atoms with van der Waals surface area (Å²) in [6.07, 6.45) is -4.70. The maximum atomic E-state index is 13.8. The highest BCUT2D eigenvalue weighted by Crippen LogP contribution is 2.42. The maximum absolute atomic E-state index is 13.8. The number of hydrogen-bond acceptors (Lipinski definition) is 2. The van der Waals surface area contributed by atoms with Gasteiger partial charge < -0.3 is 5.11 Å². The summed E-state index contributed by atoms with van der Waals surface area (Å²) in [5, 5.41) is 9.15. The molecule has 8 heteroatoms. The number of halogens is 5. The molecule has 1 saturated heterocycles. The lowest BCUT2D eigenvalue weighted by molar-refractivity contribution is -0.145. The van der Waals surface area contributed by atoms with E-state index in [2.05, 4.69) is 0 Å². The molecule has 2 rings (SSSR count). The molecule has 0 amide bonds. The SMILES string of the molecule is CN1CCC(C(=O)O)CC1(C)c1cc(F)c(C(F)(F)F)c(F)c1. The molecule has 2 unspecified atom stereocenters. The van der Waals surface area contributed by atoms with Crippen LogP contribution < -0.4 is 0 Å². The molecule has 0 aromatic heterocycles. The van der Waals surface area contributed by atoms with Gasteiger partial charge in [0.2, 0.25) is 0 Å². The first kappa shape index (κ1) is 17.7. The van der Waals surface area contributed by atoms with Gasteiger partial charge in [-0.15, -0.1) is 0 Å². The fraction of sp³-hybridized carbons (Fsp3) is 0.533. The maximum Gasteiger partial charge on any atom is 0.422 e. The van der Waals surface area contributed by atoms with Crippen LogP contribution in [-0.4, -0.2) is 29.6 Å². The van der Waals surface area contributed by atoms with Crippen LogP contribution >= 0.6 is 0 Å². The summed E-state index contributed by atoms with van der Waals surface area (Å²) in [5.74, 6) is -5.14. The van der Waals surface area contributed by atoms with E-state index in [1.807, 2.05) is 0 Å². The predicted octanol–water partition coefficient (Wildman–Crippen LogP) is 3.63. The number of carboxylic acid groups (broad SMARTS) is 1. The Balaban J connectivity index is 2.50. The van der Waals surface area contributed by atoms with Crippen LogP contribution in [0.2, 0.25) is 0 Å². The van der Waals surface area contributed by atoms with E-state index in [1.54, 1.807) is 18.9 Å². The van der Waals surface area contributed by atoms with Gasteiger partial charge in [-0.05, 0) is 51.1 Å². The normalized spacial score (nSPS) is 26.3. The van der Waals surface area contributed by atoms with Gasteiger partial charge in [0.15, 0.2) is 0 Å². The number of nitrogens with zero attached hydrogens (tertiary/aromatic N) is 1. The minimum atomic E-state index is -5.13. The number of likely N-dealkylation sites (tertiary alicyclic amines) is 1. The average Bonchev–Trinajstić information content (AvgIpc) is 2.39. The molecule has 1 aromatic carbocycles. The molecule has 0 spiro atoms. The zero-order chi connectivity index (χ0) is 17.6. The van der Waals surface area contributed by atoms with Crippen molar-refractivity contribution in [2.45, 2.75) is 31.5 Å². The third kappa shape index (κ3) is 3.17. The highest BCUT2D eigenvalue weighted by Gasteiger charge is 2.43. The van der Waals surface area contributed by atoms with Crippen molar-refractivity contribution < 1.29 is 31.9 Å². The molecule has 0 aliphatic carbocycles. The molecule has 1 aliphatic heterocycles. The van der Waals surface area contributed by atoms with Crippen LogP contribution in [0.4, 0.5) is 22.0 Å². The Morgan fingerprint density at radius 2 is 1.83 bits per heavy atom. The van der Waals surface area contributed by atoms with Gasteiger partial charge in [0.05, 0.1) is 5.92 Å². The molecule has 2 atom stereocenters. The molecule has 3 nitrogen and oxygen atoms in total. The number of hydrogen-bond donors (Lipinski definition) is 1. The van der Waals surface area contributed by atoms with Gasteiger partial charge in [-0.1, -0.05) is 0 Å². The van der Waals surface area contributed by atoms with Crippen LogP contribution in [0.15, 0.2) is 12.1 Å². The summed E-state index contributed by atoms with van der Waals surface area (Å²) < 4.78 is 65.6. The molecule has 128 valence electrons. The van der Waals surface area contributed by atoms with Gasteiger partial charge >= 0.3 is 12.1 Å². The molecule has 0 bridgehead atoms. The molecule has 0 radical (unpaired) electrons. The Morgan fingerprint density at radius 1 is 1.30 bits per heavy atom. The first-order chi connectivity index (χ1) is 10.5. The molecule has 23 heavy (non-hydrogen) atoms. The zero-order valence-electron chi connectivity index (χ0n) is 12.5. The van der Waals surface area contributed by atoms with Crippen LogP contribution in [0.1, 0.15) is 30.9 Å². The highest BCUT2D eigenvalue weighted by molar-refractivity contribution is 5.70. The first-order valence-electron chi connectivity index (χ1n) is 6.97. The van der Waals surface area contributed by atoms with Crippen molar-refractivity contribution in [2.24, 2.45) is 5.92 Å². The number of carbonyl (C=O) groups is 1. The molecule has 1 heterocycles. The fourth-order valence-electron chi connectivity index (χ4n) is 3.04. The van der Waals surface area contributed by atoms with Crippen molar-refractivity contribution in [1.29, 1.82) is 0 Å². The van der Waals surface area contributed by atoms with E-state index < -0.39 is 40.8 Å². The molecule has 1 N–H and O–H groups in total. The van der Waals surface area contributed by atoms with E-state index in [0.717, 1.165) is 0 Å². The number of rotatable bonds is 2. The summed E-state index contributed by atoms with van der Waals surface area (Å²) in [6, 6.07) is 1.29. The van der Waals surface area contributed by atoms with Gasteiger partial charge in [0.1, 0.15) is 17.2 Å². The van der Waals surface area contributed by atoms with Crippen LogP contribution in [-0.2, 0) is 16.5 Å². The first-order valence-corrected chi connectivity index (χ1v) is 6.97. The second-order valence-electron chi connectivity index (χ2n) is 6.04. The Labute approximate surface area is 129 Å². The van der Waals surface area contributed by atoms with Gasteiger partial charge in [-0.2, -0.15) is 13.2 Å². The molecule has 1 fully saturated rings. The number of benzene rings is 1. The van der Waals surface area contributed by atoms with Crippen molar-refractivity contribution in [3.8, 4) is 0 Å². The average molecular weight is 337 g/mol. The van der Waals surface area contributed by atoms with E-state index in [9.17, 15) is 26.7 Å². The van der Waals surface area contributed by atoms with Crippen molar-refractivity contribution >= 4 is 5.97 Å². The molecular weight excluding hydrogens is 321 g/mol. The van der Waals surface area contributed by atoms with Crippen LogP contribution in [0, 0.1) is 17.6 Å². The third-order valence-corrected chi connectivity index (χ3v) is 4.60. The van der Waals surface area contributed by atoms with E-state index in [-0.39, 0.29) is 12.0 Å². The summed E-state index contributed by atoms with van der Waals surface area (Å²) in [5.41, 5.74) is -3.00. The van der Waals surface area contributed by atoms with E-state index in [0.29, 0.717) is 25.1 Å². The minimum Gasteiger partial charge on any atom is -0.481 e. The van der Waals surface area contributed by atoms with Crippen molar-refractivity contribution in [3.05, 3.63) is 34.9 Å². The monoisotopic (exact) mass is 337 g/mol. The lowest BCUT2D eigenvalue weighted by Gasteiger charge is -2.45. The molecule has 1 aliphatic rings. The predicted molar refractivity (Wildman–Crippen MR) is 71.7 cm³/mol. The summed E-state index contributed by atoms with van der Waals surface area (Å²) in [4.78, 5) is 12.9. The smallest absolute Gasteiger partial charge is 0.422 e. The fourth-order valence-corrected chi connectivity index (χ4v) is 3.04. The van der Waals surface area contributed by atoms with Crippen LogP contribution in [0.25, 0.3) is 0 Å².